The number of para-hydroxylation sites is 1. The smallest absolute Gasteiger partial charge is 0.168 e. The predicted octanol–water partition coefficient (Wildman–Crippen LogP) is 2.37. The topological polar surface area (TPSA) is 59.3 Å². The number of rotatable bonds is 9. The number of hydrogen-bond donors (Lipinski definition) is 0. The molecule has 7 heteroatoms. The Morgan fingerprint density at radius 2 is 1.88 bits per heavy atom. The van der Waals surface area contributed by atoms with E-state index in [2.05, 4.69) is 62.6 Å². The van der Waals surface area contributed by atoms with Crippen molar-refractivity contribution in [2.45, 2.75) is 38.8 Å². The minimum atomic E-state index is 0.278. The fourth-order valence-electron chi connectivity index (χ4n) is 3.59. The van der Waals surface area contributed by atoms with Crippen molar-refractivity contribution in [3.8, 4) is 0 Å². The van der Waals surface area contributed by atoms with Crippen LogP contribution in [-0.2, 0) is 11.3 Å². The molecule has 3 rings (SSSR count). The number of unbranched alkanes of at least 4 members (excludes halogenated alkanes) is 1. The standard InChI is InChI=1S/C19H30N6O/c1-3-4-10-18(19-20-21-22-25(19)15-16-26-2)24-13-11-23(12-14-24)17-8-6-5-7-9-17/h5-9,18H,3-4,10-16H2,1-2H3/t18-/m0/s1. The monoisotopic (exact) mass is 358 g/mol. The van der Waals surface area contributed by atoms with Crippen LogP contribution < -0.4 is 4.90 Å². The third kappa shape index (κ3) is 4.59. The first-order chi connectivity index (χ1) is 12.8. The molecule has 1 saturated heterocycles. The van der Waals surface area contributed by atoms with Gasteiger partial charge in [-0.05, 0) is 29.0 Å². The van der Waals surface area contributed by atoms with Gasteiger partial charge in [-0.15, -0.1) is 5.10 Å². The number of nitrogens with zero attached hydrogens (tertiary/aromatic N) is 6. The lowest BCUT2D eigenvalue weighted by molar-refractivity contribution is 0.152. The van der Waals surface area contributed by atoms with Crippen LogP contribution in [0, 0.1) is 0 Å². The van der Waals surface area contributed by atoms with Crippen molar-refractivity contribution in [2.75, 3.05) is 44.8 Å². The number of aromatic nitrogens is 4. The molecule has 0 aliphatic carbocycles. The summed E-state index contributed by atoms with van der Waals surface area (Å²) in [4.78, 5) is 5.01. The van der Waals surface area contributed by atoms with E-state index >= 15 is 0 Å². The van der Waals surface area contributed by atoms with E-state index in [4.69, 9.17) is 4.74 Å². The number of piperazine rings is 1. The van der Waals surface area contributed by atoms with Gasteiger partial charge >= 0.3 is 0 Å². The van der Waals surface area contributed by atoms with Gasteiger partial charge < -0.3 is 9.64 Å². The Bertz CT molecular complexity index is 638. The first kappa shape index (κ1) is 18.8. The zero-order chi connectivity index (χ0) is 18.2. The molecule has 0 N–H and O–H groups in total. The Morgan fingerprint density at radius 3 is 2.58 bits per heavy atom. The van der Waals surface area contributed by atoms with Crippen LogP contribution in [0.5, 0.6) is 0 Å². The highest BCUT2D eigenvalue weighted by atomic mass is 16.5. The first-order valence-corrected chi connectivity index (χ1v) is 9.62. The van der Waals surface area contributed by atoms with Gasteiger partial charge in [-0.3, -0.25) is 4.90 Å². The van der Waals surface area contributed by atoms with E-state index in [1.54, 1.807) is 7.11 Å². The van der Waals surface area contributed by atoms with Gasteiger partial charge in [0.1, 0.15) is 0 Å². The molecular weight excluding hydrogens is 328 g/mol. The van der Waals surface area contributed by atoms with E-state index in [0.717, 1.165) is 38.4 Å². The fourth-order valence-corrected chi connectivity index (χ4v) is 3.59. The van der Waals surface area contributed by atoms with E-state index in [-0.39, 0.29) is 6.04 Å². The molecule has 142 valence electrons. The number of benzene rings is 1. The minimum Gasteiger partial charge on any atom is -0.383 e. The largest absolute Gasteiger partial charge is 0.383 e. The molecule has 0 bridgehead atoms. The quantitative estimate of drug-likeness (QED) is 0.686. The molecule has 7 nitrogen and oxygen atoms in total. The molecule has 0 unspecified atom stereocenters. The summed E-state index contributed by atoms with van der Waals surface area (Å²) >= 11 is 0. The van der Waals surface area contributed by atoms with Crippen LogP contribution >= 0.6 is 0 Å². The van der Waals surface area contributed by atoms with E-state index in [1.807, 2.05) is 4.68 Å². The molecule has 1 aromatic carbocycles. The first-order valence-electron chi connectivity index (χ1n) is 9.62. The molecule has 26 heavy (non-hydrogen) atoms. The van der Waals surface area contributed by atoms with Crippen molar-refractivity contribution in [3.63, 3.8) is 0 Å². The van der Waals surface area contributed by atoms with Gasteiger partial charge in [-0.25, -0.2) is 4.68 Å². The zero-order valence-electron chi connectivity index (χ0n) is 15.9. The van der Waals surface area contributed by atoms with Gasteiger partial charge in [-0.2, -0.15) is 0 Å². The van der Waals surface area contributed by atoms with Crippen molar-refractivity contribution in [1.29, 1.82) is 0 Å². The zero-order valence-corrected chi connectivity index (χ0v) is 15.9. The van der Waals surface area contributed by atoms with Crippen LogP contribution in [0.3, 0.4) is 0 Å². The van der Waals surface area contributed by atoms with Gasteiger partial charge in [0.25, 0.3) is 0 Å². The molecule has 0 saturated carbocycles. The maximum atomic E-state index is 5.20. The normalized spacial score (nSPS) is 16.8. The van der Waals surface area contributed by atoms with Crippen molar-refractivity contribution in [3.05, 3.63) is 36.2 Å². The highest BCUT2D eigenvalue weighted by molar-refractivity contribution is 5.46. The second-order valence-electron chi connectivity index (χ2n) is 6.77. The van der Waals surface area contributed by atoms with Crippen LogP contribution in [0.1, 0.15) is 38.1 Å². The average molecular weight is 358 g/mol. The van der Waals surface area contributed by atoms with Gasteiger partial charge in [0.15, 0.2) is 5.82 Å². The number of tetrazole rings is 1. The molecule has 0 amide bonds. The van der Waals surface area contributed by atoms with Crippen LogP contribution in [-0.4, -0.2) is 65.0 Å². The summed E-state index contributed by atoms with van der Waals surface area (Å²) in [5, 5.41) is 12.5. The molecular formula is C19H30N6O. The summed E-state index contributed by atoms with van der Waals surface area (Å²) in [6.07, 6.45) is 3.45. The highest BCUT2D eigenvalue weighted by Gasteiger charge is 2.28. The molecule has 0 spiro atoms. The van der Waals surface area contributed by atoms with Crippen LogP contribution in [0.2, 0.25) is 0 Å². The highest BCUT2D eigenvalue weighted by Crippen LogP contribution is 2.27. The van der Waals surface area contributed by atoms with Gasteiger partial charge in [0.05, 0.1) is 19.2 Å². The van der Waals surface area contributed by atoms with E-state index in [1.165, 1.54) is 18.5 Å². The Balaban J connectivity index is 1.68. The molecule has 2 heterocycles. The van der Waals surface area contributed by atoms with Gasteiger partial charge in [0, 0.05) is 39.0 Å². The third-order valence-electron chi connectivity index (χ3n) is 5.07. The Kier molecular flexibility index (Phi) is 6.96. The summed E-state index contributed by atoms with van der Waals surface area (Å²) in [7, 11) is 1.71. The second-order valence-corrected chi connectivity index (χ2v) is 6.77. The fraction of sp³-hybridized carbons (Fsp3) is 0.632. The Hall–Kier alpha value is -1.99. The van der Waals surface area contributed by atoms with Gasteiger partial charge in [0.2, 0.25) is 0 Å². The number of hydrogen-bond acceptors (Lipinski definition) is 6. The lowest BCUT2D eigenvalue weighted by Crippen LogP contribution is -2.48. The maximum absolute atomic E-state index is 5.20. The van der Waals surface area contributed by atoms with Crippen molar-refractivity contribution in [2.24, 2.45) is 0 Å². The predicted molar refractivity (Wildman–Crippen MR) is 102 cm³/mol. The number of methoxy groups -OCH3 is 1. The van der Waals surface area contributed by atoms with E-state index in [9.17, 15) is 0 Å². The van der Waals surface area contributed by atoms with Crippen LogP contribution in [0.4, 0.5) is 5.69 Å². The number of ether oxygens (including phenoxy) is 1. The molecule has 1 aliphatic rings. The Morgan fingerprint density at radius 1 is 1.12 bits per heavy atom. The third-order valence-corrected chi connectivity index (χ3v) is 5.07. The molecule has 2 aromatic rings. The summed E-state index contributed by atoms with van der Waals surface area (Å²) in [6.45, 7) is 7.68. The lowest BCUT2D eigenvalue weighted by Gasteiger charge is -2.39. The number of anilines is 1. The molecule has 1 fully saturated rings. The molecule has 1 atom stereocenters. The average Bonchev–Trinajstić information content (AvgIpc) is 3.16. The van der Waals surface area contributed by atoms with Crippen molar-refractivity contribution < 1.29 is 4.74 Å². The van der Waals surface area contributed by atoms with Gasteiger partial charge in [-0.1, -0.05) is 38.0 Å². The van der Waals surface area contributed by atoms with Crippen LogP contribution in [0.15, 0.2) is 30.3 Å². The molecule has 1 aromatic heterocycles. The summed E-state index contributed by atoms with van der Waals surface area (Å²) < 4.78 is 7.11. The SMILES string of the molecule is CCCC[C@@H](c1nnnn1CCOC)N1CCN(c2ccccc2)CC1. The second kappa shape index (κ2) is 9.64. The van der Waals surface area contributed by atoms with E-state index in [0.29, 0.717) is 13.2 Å². The summed E-state index contributed by atoms with van der Waals surface area (Å²) in [5.41, 5.74) is 1.31. The minimum absolute atomic E-state index is 0.278. The van der Waals surface area contributed by atoms with E-state index < -0.39 is 0 Å². The molecule has 0 radical (unpaired) electrons. The maximum Gasteiger partial charge on any atom is 0.168 e. The molecule has 1 aliphatic heterocycles. The van der Waals surface area contributed by atoms with Crippen molar-refractivity contribution in [1.82, 2.24) is 25.1 Å². The summed E-state index contributed by atoms with van der Waals surface area (Å²) in [6, 6.07) is 10.9. The van der Waals surface area contributed by atoms with Crippen molar-refractivity contribution >= 4 is 5.69 Å². The summed E-state index contributed by atoms with van der Waals surface area (Å²) in [5.74, 6) is 0.976. The van der Waals surface area contributed by atoms with Crippen LogP contribution in [0.25, 0.3) is 0 Å². The lowest BCUT2D eigenvalue weighted by atomic mass is 10.1. The Labute approximate surface area is 155 Å².